The summed E-state index contributed by atoms with van der Waals surface area (Å²) in [6.45, 7) is 1.55. The van der Waals surface area contributed by atoms with E-state index >= 15 is 0 Å². The van der Waals surface area contributed by atoms with Crippen molar-refractivity contribution in [3.05, 3.63) is 35.1 Å². The van der Waals surface area contributed by atoms with E-state index in [9.17, 15) is 22.7 Å². The Morgan fingerprint density at radius 2 is 1.94 bits per heavy atom. The minimum atomic E-state index is -4.28. The predicted molar refractivity (Wildman–Crippen MR) is 51.4 cm³/mol. The van der Waals surface area contributed by atoms with Gasteiger partial charge in [-0.1, -0.05) is 6.07 Å². The van der Waals surface area contributed by atoms with E-state index < -0.39 is 30.9 Å². The Morgan fingerprint density at radius 3 is 2.44 bits per heavy atom. The molecule has 1 aromatic rings. The summed E-state index contributed by atoms with van der Waals surface area (Å²) in [6, 6.07) is 3.62. The fraction of sp³-hybridized carbons (Fsp3) is 0.455. The zero-order valence-corrected chi connectivity index (χ0v) is 8.68. The highest BCUT2D eigenvalue weighted by Crippen LogP contribution is 2.28. The summed E-state index contributed by atoms with van der Waals surface area (Å²) in [6.07, 6.45) is -6.95. The number of hydrogen-bond acceptors (Lipinski definition) is 1. The molecule has 0 aromatic heterocycles. The van der Waals surface area contributed by atoms with E-state index in [2.05, 4.69) is 0 Å². The van der Waals surface area contributed by atoms with Crippen LogP contribution in [0.1, 0.15) is 30.1 Å². The van der Waals surface area contributed by atoms with Crippen LogP contribution in [0.5, 0.6) is 0 Å². The first kappa shape index (κ1) is 13.0. The molecule has 1 atom stereocenters. The van der Waals surface area contributed by atoms with E-state index in [0.29, 0.717) is 11.1 Å². The molecular weight excluding hydrogens is 224 g/mol. The van der Waals surface area contributed by atoms with Crippen LogP contribution in [0.25, 0.3) is 0 Å². The van der Waals surface area contributed by atoms with Crippen LogP contribution in [-0.2, 0) is 0 Å². The van der Waals surface area contributed by atoms with E-state index in [1.54, 1.807) is 6.92 Å². The molecule has 0 bridgehead atoms. The number of alkyl halides is 3. The Bertz CT molecular complexity index is 359. The molecule has 0 saturated heterocycles. The summed E-state index contributed by atoms with van der Waals surface area (Å²) < 4.78 is 48.5. The largest absolute Gasteiger partial charge is 0.389 e. The van der Waals surface area contributed by atoms with Crippen LogP contribution in [0.2, 0.25) is 0 Å². The van der Waals surface area contributed by atoms with Gasteiger partial charge in [-0.3, -0.25) is 0 Å². The van der Waals surface area contributed by atoms with Gasteiger partial charge in [0.2, 0.25) is 0 Å². The van der Waals surface area contributed by atoms with Gasteiger partial charge >= 0.3 is 6.18 Å². The monoisotopic (exact) mass is 236 g/mol. The van der Waals surface area contributed by atoms with Crippen molar-refractivity contribution in [3.8, 4) is 0 Å². The fourth-order valence-corrected chi connectivity index (χ4v) is 1.47. The molecule has 1 unspecified atom stereocenters. The standard InChI is InChI=1S/C11H12F4O/c1-7-6-8(12)2-3-9(7)10(16)4-5-11(13,14)15/h2-3,6,10,16H,4-5H2,1H3. The molecule has 0 fully saturated rings. The Hall–Kier alpha value is -1.10. The topological polar surface area (TPSA) is 20.2 Å². The molecule has 1 aromatic carbocycles. The number of halogens is 4. The zero-order chi connectivity index (χ0) is 12.3. The molecule has 0 saturated carbocycles. The van der Waals surface area contributed by atoms with Crippen molar-refractivity contribution < 1.29 is 22.7 Å². The smallest absolute Gasteiger partial charge is 0.388 e. The number of aryl methyl sites for hydroxylation is 1. The van der Waals surface area contributed by atoms with Crippen molar-refractivity contribution in [1.29, 1.82) is 0 Å². The molecule has 1 rings (SSSR count). The Balaban J connectivity index is 2.70. The van der Waals surface area contributed by atoms with Gasteiger partial charge in [0, 0.05) is 6.42 Å². The van der Waals surface area contributed by atoms with Gasteiger partial charge in [-0.2, -0.15) is 13.2 Å². The van der Waals surface area contributed by atoms with Crippen molar-refractivity contribution in [1.82, 2.24) is 0 Å². The third kappa shape index (κ3) is 3.81. The van der Waals surface area contributed by atoms with Gasteiger partial charge in [-0.25, -0.2) is 4.39 Å². The Morgan fingerprint density at radius 1 is 1.31 bits per heavy atom. The lowest BCUT2D eigenvalue weighted by Crippen LogP contribution is -2.10. The molecule has 5 heteroatoms. The molecular formula is C11H12F4O. The van der Waals surface area contributed by atoms with Gasteiger partial charge < -0.3 is 5.11 Å². The molecule has 0 aliphatic carbocycles. The second-order valence-corrected chi connectivity index (χ2v) is 3.67. The molecule has 1 N–H and O–H groups in total. The lowest BCUT2D eigenvalue weighted by atomic mass is 10.00. The highest BCUT2D eigenvalue weighted by Gasteiger charge is 2.28. The van der Waals surface area contributed by atoms with Crippen LogP contribution in [0.15, 0.2) is 18.2 Å². The third-order valence-electron chi connectivity index (χ3n) is 2.29. The summed E-state index contributed by atoms with van der Waals surface area (Å²) in [5, 5.41) is 9.53. The van der Waals surface area contributed by atoms with Gasteiger partial charge in [-0.05, 0) is 36.6 Å². The van der Waals surface area contributed by atoms with E-state index in [4.69, 9.17) is 0 Å². The predicted octanol–water partition coefficient (Wildman–Crippen LogP) is 3.51. The lowest BCUT2D eigenvalue weighted by Gasteiger charge is -2.14. The average Bonchev–Trinajstić information content (AvgIpc) is 2.13. The minimum absolute atomic E-state index is 0.339. The second-order valence-electron chi connectivity index (χ2n) is 3.67. The summed E-state index contributed by atoms with van der Waals surface area (Å²) in [5.74, 6) is -0.468. The van der Waals surface area contributed by atoms with E-state index in [1.165, 1.54) is 12.1 Å². The molecule has 0 radical (unpaired) electrons. The summed E-state index contributed by atoms with van der Waals surface area (Å²) in [5.41, 5.74) is 0.792. The molecule has 0 aliphatic heterocycles. The van der Waals surface area contributed by atoms with E-state index in [0.717, 1.165) is 6.07 Å². The van der Waals surface area contributed by atoms with Gasteiger partial charge in [0.15, 0.2) is 0 Å². The Kier molecular flexibility index (Phi) is 3.91. The quantitative estimate of drug-likeness (QED) is 0.796. The van der Waals surface area contributed by atoms with E-state index in [1.807, 2.05) is 0 Å². The zero-order valence-electron chi connectivity index (χ0n) is 8.68. The van der Waals surface area contributed by atoms with Crippen LogP contribution in [0.4, 0.5) is 17.6 Å². The summed E-state index contributed by atoms with van der Waals surface area (Å²) >= 11 is 0. The average molecular weight is 236 g/mol. The van der Waals surface area contributed by atoms with Crippen LogP contribution < -0.4 is 0 Å². The lowest BCUT2D eigenvalue weighted by molar-refractivity contribution is -0.140. The molecule has 0 amide bonds. The number of aliphatic hydroxyl groups excluding tert-OH is 1. The third-order valence-corrected chi connectivity index (χ3v) is 2.29. The molecule has 90 valence electrons. The van der Waals surface area contributed by atoms with Gasteiger partial charge in [-0.15, -0.1) is 0 Å². The van der Waals surface area contributed by atoms with Crippen LogP contribution in [0.3, 0.4) is 0 Å². The molecule has 0 spiro atoms. The first-order valence-electron chi connectivity index (χ1n) is 4.80. The second kappa shape index (κ2) is 4.82. The van der Waals surface area contributed by atoms with Gasteiger partial charge in [0.25, 0.3) is 0 Å². The van der Waals surface area contributed by atoms with Crippen molar-refractivity contribution in [2.24, 2.45) is 0 Å². The summed E-state index contributed by atoms with van der Waals surface area (Å²) in [7, 11) is 0. The number of rotatable bonds is 3. The van der Waals surface area contributed by atoms with Crippen LogP contribution in [0, 0.1) is 12.7 Å². The van der Waals surface area contributed by atoms with Crippen LogP contribution in [-0.4, -0.2) is 11.3 Å². The first-order valence-corrected chi connectivity index (χ1v) is 4.80. The minimum Gasteiger partial charge on any atom is -0.388 e. The normalized spacial score (nSPS) is 13.9. The maximum atomic E-state index is 12.7. The van der Waals surface area contributed by atoms with Crippen molar-refractivity contribution in [2.45, 2.75) is 32.0 Å². The summed E-state index contributed by atoms with van der Waals surface area (Å²) in [4.78, 5) is 0. The van der Waals surface area contributed by atoms with Gasteiger partial charge in [0.1, 0.15) is 5.82 Å². The molecule has 0 aliphatic rings. The van der Waals surface area contributed by atoms with Crippen molar-refractivity contribution >= 4 is 0 Å². The van der Waals surface area contributed by atoms with Crippen LogP contribution >= 0.6 is 0 Å². The molecule has 16 heavy (non-hydrogen) atoms. The van der Waals surface area contributed by atoms with Crippen molar-refractivity contribution in [3.63, 3.8) is 0 Å². The maximum Gasteiger partial charge on any atom is 0.389 e. The number of aliphatic hydroxyl groups is 1. The number of benzene rings is 1. The Labute approximate surface area is 90.7 Å². The highest BCUT2D eigenvalue weighted by molar-refractivity contribution is 5.28. The maximum absolute atomic E-state index is 12.7. The highest BCUT2D eigenvalue weighted by atomic mass is 19.4. The molecule has 1 nitrogen and oxygen atoms in total. The van der Waals surface area contributed by atoms with E-state index in [-0.39, 0.29) is 0 Å². The number of hydrogen-bond donors (Lipinski definition) is 1. The van der Waals surface area contributed by atoms with Gasteiger partial charge in [0.05, 0.1) is 6.10 Å². The SMILES string of the molecule is Cc1cc(F)ccc1C(O)CCC(F)(F)F. The fourth-order valence-electron chi connectivity index (χ4n) is 1.47. The molecule has 0 heterocycles. The van der Waals surface area contributed by atoms with Crippen molar-refractivity contribution in [2.75, 3.05) is 0 Å². The first-order chi connectivity index (χ1) is 7.29.